The second kappa shape index (κ2) is 13.8. The van der Waals surface area contributed by atoms with Crippen molar-refractivity contribution in [2.24, 2.45) is 0 Å². The highest BCUT2D eigenvalue weighted by Crippen LogP contribution is 2.43. The van der Waals surface area contributed by atoms with E-state index in [1.54, 1.807) is 0 Å². The Balaban J connectivity index is 1.05. The minimum atomic E-state index is 0.682. The van der Waals surface area contributed by atoms with Gasteiger partial charge in [-0.1, -0.05) is 170 Å². The van der Waals surface area contributed by atoms with Crippen molar-refractivity contribution in [3.8, 4) is 56.4 Å². The lowest BCUT2D eigenvalue weighted by molar-refractivity contribution is 1.16. The molecular formula is C56H36N4. The number of hydrogen-bond donors (Lipinski definition) is 0. The van der Waals surface area contributed by atoms with E-state index in [2.05, 4.69) is 215 Å². The van der Waals surface area contributed by atoms with Crippen LogP contribution in [0.15, 0.2) is 218 Å². The van der Waals surface area contributed by atoms with Gasteiger partial charge >= 0.3 is 0 Å². The van der Waals surface area contributed by atoms with E-state index < -0.39 is 0 Å². The lowest BCUT2D eigenvalue weighted by Gasteiger charge is -2.13. The van der Waals surface area contributed by atoms with Crippen molar-refractivity contribution in [1.82, 2.24) is 19.1 Å². The Morgan fingerprint density at radius 1 is 0.300 bits per heavy atom. The van der Waals surface area contributed by atoms with Crippen LogP contribution >= 0.6 is 0 Å². The van der Waals surface area contributed by atoms with Gasteiger partial charge in [0.1, 0.15) is 0 Å². The zero-order chi connectivity index (χ0) is 39.6. The van der Waals surface area contributed by atoms with Crippen molar-refractivity contribution in [3.63, 3.8) is 0 Å². The minimum Gasteiger partial charge on any atom is -0.309 e. The van der Waals surface area contributed by atoms with Gasteiger partial charge < -0.3 is 9.13 Å². The first kappa shape index (κ1) is 34.0. The molecule has 0 bridgehead atoms. The van der Waals surface area contributed by atoms with Crippen molar-refractivity contribution in [2.75, 3.05) is 0 Å². The van der Waals surface area contributed by atoms with E-state index in [1.165, 1.54) is 60.2 Å². The third-order valence-corrected chi connectivity index (χ3v) is 11.9. The van der Waals surface area contributed by atoms with Crippen LogP contribution in [0.5, 0.6) is 0 Å². The molecule has 9 aromatic carbocycles. The highest BCUT2D eigenvalue weighted by Gasteiger charge is 2.21. The van der Waals surface area contributed by atoms with E-state index >= 15 is 0 Å². The van der Waals surface area contributed by atoms with Crippen LogP contribution in [0.3, 0.4) is 0 Å². The van der Waals surface area contributed by atoms with Gasteiger partial charge in [-0.3, -0.25) is 0 Å². The molecule has 0 amide bonds. The maximum atomic E-state index is 5.25. The SMILES string of the molecule is c1ccc(-c2ccc(-c3cc(-c4ccccc4)nc(-c4cccc(-n5c6ccccc6c6c7c8ccccc8n(-c8cccc9ccccc89)c7ccc65)c4)n3)cc2)cc1. The Bertz CT molecular complexity index is 3580. The van der Waals surface area contributed by atoms with Crippen LogP contribution in [0.4, 0.5) is 0 Å². The second-order valence-corrected chi connectivity index (χ2v) is 15.4. The van der Waals surface area contributed by atoms with E-state index in [-0.39, 0.29) is 0 Å². The third-order valence-electron chi connectivity index (χ3n) is 11.9. The summed E-state index contributed by atoms with van der Waals surface area (Å²) in [6, 6.07) is 77.8. The monoisotopic (exact) mass is 764 g/mol. The molecule has 60 heavy (non-hydrogen) atoms. The zero-order valence-corrected chi connectivity index (χ0v) is 32.6. The maximum Gasteiger partial charge on any atom is 0.160 e. The van der Waals surface area contributed by atoms with Crippen molar-refractivity contribution >= 4 is 54.4 Å². The van der Waals surface area contributed by atoms with Crippen molar-refractivity contribution in [3.05, 3.63) is 218 Å². The van der Waals surface area contributed by atoms with Gasteiger partial charge in [-0.2, -0.15) is 0 Å². The molecule has 280 valence electrons. The molecule has 4 nitrogen and oxygen atoms in total. The number of benzene rings is 9. The fourth-order valence-corrected chi connectivity index (χ4v) is 9.19. The summed E-state index contributed by atoms with van der Waals surface area (Å²) in [5, 5.41) is 7.40. The van der Waals surface area contributed by atoms with E-state index in [4.69, 9.17) is 9.97 Å². The van der Waals surface area contributed by atoms with Gasteiger partial charge in [0.05, 0.1) is 39.1 Å². The molecule has 0 fully saturated rings. The molecular weight excluding hydrogens is 729 g/mol. The summed E-state index contributed by atoms with van der Waals surface area (Å²) >= 11 is 0. The summed E-state index contributed by atoms with van der Waals surface area (Å²) in [6.45, 7) is 0. The maximum absolute atomic E-state index is 5.25. The fourth-order valence-electron chi connectivity index (χ4n) is 9.19. The van der Waals surface area contributed by atoms with Gasteiger partial charge in [-0.15, -0.1) is 0 Å². The Morgan fingerprint density at radius 2 is 0.783 bits per heavy atom. The van der Waals surface area contributed by atoms with Crippen LogP contribution in [-0.4, -0.2) is 19.1 Å². The molecule has 3 aromatic heterocycles. The first-order valence-electron chi connectivity index (χ1n) is 20.4. The molecule has 4 heteroatoms. The Labute approximate surface area is 346 Å². The topological polar surface area (TPSA) is 35.6 Å². The highest BCUT2D eigenvalue weighted by atomic mass is 15.0. The molecule has 0 aliphatic heterocycles. The van der Waals surface area contributed by atoms with Crippen LogP contribution < -0.4 is 0 Å². The molecule has 12 aromatic rings. The molecule has 0 atom stereocenters. The average molecular weight is 765 g/mol. The lowest BCUT2D eigenvalue weighted by Crippen LogP contribution is -1.98. The van der Waals surface area contributed by atoms with Gasteiger partial charge in [-0.25, -0.2) is 9.97 Å². The summed E-state index contributed by atoms with van der Waals surface area (Å²) in [6.07, 6.45) is 0. The van der Waals surface area contributed by atoms with E-state index in [1.807, 2.05) is 12.1 Å². The summed E-state index contributed by atoms with van der Waals surface area (Å²) in [5.41, 5.74) is 14.1. The van der Waals surface area contributed by atoms with E-state index in [9.17, 15) is 0 Å². The fraction of sp³-hybridized carbons (Fsp3) is 0. The molecule has 12 rings (SSSR count). The number of para-hydroxylation sites is 2. The van der Waals surface area contributed by atoms with Crippen LogP contribution in [0, 0.1) is 0 Å². The van der Waals surface area contributed by atoms with Gasteiger partial charge in [0.2, 0.25) is 0 Å². The molecule has 0 saturated carbocycles. The van der Waals surface area contributed by atoms with E-state index in [0.29, 0.717) is 5.82 Å². The predicted octanol–water partition coefficient (Wildman–Crippen LogP) is 14.5. The minimum absolute atomic E-state index is 0.682. The van der Waals surface area contributed by atoms with Gasteiger partial charge in [0.15, 0.2) is 5.82 Å². The summed E-state index contributed by atoms with van der Waals surface area (Å²) in [7, 11) is 0. The lowest BCUT2D eigenvalue weighted by atomic mass is 10.0. The Morgan fingerprint density at radius 3 is 1.48 bits per heavy atom. The molecule has 0 radical (unpaired) electrons. The Hall–Kier alpha value is -8.08. The Kier molecular flexibility index (Phi) is 7.82. The summed E-state index contributed by atoms with van der Waals surface area (Å²) in [5.74, 6) is 0.682. The number of aromatic nitrogens is 4. The zero-order valence-electron chi connectivity index (χ0n) is 32.6. The number of fused-ring (bicyclic) bond motifs is 8. The smallest absolute Gasteiger partial charge is 0.160 e. The van der Waals surface area contributed by atoms with Gasteiger partial charge in [-0.05, 0) is 65.0 Å². The molecule has 0 unspecified atom stereocenters. The first-order valence-corrected chi connectivity index (χ1v) is 20.4. The second-order valence-electron chi connectivity index (χ2n) is 15.4. The molecule has 0 aliphatic rings. The molecule has 0 aliphatic carbocycles. The molecule has 0 spiro atoms. The summed E-state index contributed by atoms with van der Waals surface area (Å²) in [4.78, 5) is 10.5. The van der Waals surface area contributed by atoms with E-state index in [0.717, 1.165) is 44.8 Å². The van der Waals surface area contributed by atoms with Gasteiger partial charge in [0, 0.05) is 49.3 Å². The van der Waals surface area contributed by atoms with Gasteiger partial charge in [0.25, 0.3) is 0 Å². The van der Waals surface area contributed by atoms with Crippen LogP contribution in [0.25, 0.3) is 111 Å². The average Bonchev–Trinajstić information content (AvgIpc) is 3.85. The molecule has 0 saturated heterocycles. The quantitative estimate of drug-likeness (QED) is 0.169. The highest BCUT2D eigenvalue weighted by molar-refractivity contribution is 6.29. The standard InChI is InChI=1S/C56H36N4/c1-3-15-37(16-4-1)38-29-31-41(32-30-38)48-36-47(40-18-5-2-6-19-40)57-56(58-48)42-21-13-22-43(35-42)59-50-26-11-9-24-45(50)54-52(59)33-34-53-55(54)46-25-10-12-27-51(46)60(53)49-28-14-20-39-17-7-8-23-44(39)49/h1-36H. The van der Waals surface area contributed by atoms with Crippen molar-refractivity contribution in [1.29, 1.82) is 0 Å². The summed E-state index contributed by atoms with van der Waals surface area (Å²) < 4.78 is 4.85. The molecule has 0 N–H and O–H groups in total. The first-order chi connectivity index (χ1) is 29.8. The van der Waals surface area contributed by atoms with Crippen LogP contribution in [0.1, 0.15) is 0 Å². The van der Waals surface area contributed by atoms with Crippen molar-refractivity contribution < 1.29 is 0 Å². The largest absolute Gasteiger partial charge is 0.309 e. The number of rotatable bonds is 6. The predicted molar refractivity (Wildman–Crippen MR) is 250 cm³/mol. The number of nitrogens with zero attached hydrogens (tertiary/aromatic N) is 4. The molecule has 3 heterocycles. The van der Waals surface area contributed by atoms with Crippen molar-refractivity contribution in [2.45, 2.75) is 0 Å². The van der Waals surface area contributed by atoms with Crippen LogP contribution in [0.2, 0.25) is 0 Å². The number of hydrogen-bond acceptors (Lipinski definition) is 2. The third kappa shape index (κ3) is 5.46. The van der Waals surface area contributed by atoms with Crippen LogP contribution in [-0.2, 0) is 0 Å². The normalized spacial score (nSPS) is 11.7.